The van der Waals surface area contributed by atoms with Crippen molar-refractivity contribution in [2.75, 3.05) is 20.2 Å². The second-order valence-corrected chi connectivity index (χ2v) is 7.93. The number of hydrogen-bond acceptors (Lipinski definition) is 4. The van der Waals surface area contributed by atoms with Crippen LogP contribution >= 0.6 is 26.6 Å². The van der Waals surface area contributed by atoms with Gasteiger partial charge >= 0.3 is 0 Å². The highest BCUT2D eigenvalue weighted by Gasteiger charge is 2.30. The topological polar surface area (TPSA) is 63.7 Å². The van der Waals surface area contributed by atoms with Crippen LogP contribution < -0.4 is 0 Å². The van der Waals surface area contributed by atoms with E-state index in [0.29, 0.717) is 19.5 Å². The SMILES string of the molecule is COC1CCN(C(=O)c2cc(F)cc(S(=O)(=O)Cl)c2Br)C1. The molecule has 21 heavy (non-hydrogen) atoms. The third-order valence-electron chi connectivity index (χ3n) is 3.26. The number of benzene rings is 1. The van der Waals surface area contributed by atoms with E-state index in [0.717, 1.165) is 12.1 Å². The zero-order chi connectivity index (χ0) is 15.8. The number of likely N-dealkylation sites (tertiary alicyclic amines) is 1. The predicted octanol–water partition coefficient (Wildman–Crippen LogP) is 2.38. The summed E-state index contributed by atoms with van der Waals surface area (Å²) in [6.07, 6.45) is 0.605. The lowest BCUT2D eigenvalue weighted by molar-refractivity contribution is 0.0722. The Morgan fingerprint density at radius 1 is 1.52 bits per heavy atom. The average Bonchev–Trinajstić information content (AvgIpc) is 2.87. The molecule has 116 valence electrons. The molecule has 0 bridgehead atoms. The summed E-state index contributed by atoms with van der Waals surface area (Å²) in [6.45, 7) is 0.838. The fourth-order valence-corrected chi connectivity index (χ4v) is 4.43. The maximum atomic E-state index is 13.6. The molecule has 9 heteroatoms. The van der Waals surface area contributed by atoms with Crippen molar-refractivity contribution in [3.05, 3.63) is 28.0 Å². The lowest BCUT2D eigenvalue weighted by Gasteiger charge is -2.18. The van der Waals surface area contributed by atoms with E-state index >= 15 is 0 Å². The molecule has 0 aromatic heterocycles. The molecule has 5 nitrogen and oxygen atoms in total. The van der Waals surface area contributed by atoms with Crippen LogP contribution in [0.1, 0.15) is 16.8 Å². The van der Waals surface area contributed by atoms with Gasteiger partial charge in [-0.05, 0) is 34.5 Å². The molecule has 2 rings (SSSR count). The maximum Gasteiger partial charge on any atom is 0.262 e. The molecule has 0 radical (unpaired) electrons. The highest BCUT2D eigenvalue weighted by Crippen LogP contribution is 2.31. The monoisotopic (exact) mass is 399 g/mol. The number of ether oxygens (including phenoxy) is 1. The molecule has 1 saturated heterocycles. The number of rotatable bonds is 3. The number of hydrogen-bond donors (Lipinski definition) is 0. The Labute approximate surface area is 134 Å². The third kappa shape index (κ3) is 3.56. The van der Waals surface area contributed by atoms with E-state index in [9.17, 15) is 17.6 Å². The molecule has 1 atom stereocenters. The lowest BCUT2D eigenvalue weighted by atomic mass is 10.2. The summed E-state index contributed by atoms with van der Waals surface area (Å²) in [6, 6.07) is 1.75. The van der Waals surface area contributed by atoms with E-state index < -0.39 is 25.7 Å². The second kappa shape index (κ2) is 6.20. The van der Waals surface area contributed by atoms with Gasteiger partial charge in [0.25, 0.3) is 15.0 Å². The maximum absolute atomic E-state index is 13.6. The molecule has 1 aromatic carbocycles. The number of carbonyl (C=O) groups excluding carboxylic acids is 1. The minimum absolute atomic E-state index is 0.0373. The highest BCUT2D eigenvalue weighted by atomic mass is 79.9. The molecule has 1 aliphatic heterocycles. The van der Waals surface area contributed by atoms with Gasteiger partial charge in [-0.2, -0.15) is 0 Å². The number of methoxy groups -OCH3 is 1. The summed E-state index contributed by atoms with van der Waals surface area (Å²) in [5.41, 5.74) is -0.0778. The van der Waals surface area contributed by atoms with E-state index in [1.54, 1.807) is 7.11 Å². The van der Waals surface area contributed by atoms with Crippen molar-refractivity contribution in [1.82, 2.24) is 4.90 Å². The van der Waals surface area contributed by atoms with Crippen molar-refractivity contribution < 1.29 is 22.3 Å². The Morgan fingerprint density at radius 2 is 2.19 bits per heavy atom. The molecule has 0 spiro atoms. The number of amides is 1. The van der Waals surface area contributed by atoms with Crippen LogP contribution in [0.3, 0.4) is 0 Å². The van der Waals surface area contributed by atoms with E-state index in [1.165, 1.54) is 4.90 Å². The largest absolute Gasteiger partial charge is 0.380 e. The zero-order valence-corrected chi connectivity index (χ0v) is 14.1. The first-order valence-electron chi connectivity index (χ1n) is 6.00. The van der Waals surface area contributed by atoms with Crippen molar-refractivity contribution in [2.24, 2.45) is 0 Å². The molecule has 1 aromatic rings. The van der Waals surface area contributed by atoms with Gasteiger partial charge in [0.15, 0.2) is 0 Å². The van der Waals surface area contributed by atoms with Crippen LogP contribution in [0, 0.1) is 5.82 Å². The van der Waals surface area contributed by atoms with Crippen molar-refractivity contribution in [2.45, 2.75) is 17.4 Å². The van der Waals surface area contributed by atoms with Crippen LogP contribution in [-0.4, -0.2) is 45.5 Å². The van der Waals surface area contributed by atoms with Crippen LogP contribution in [0.25, 0.3) is 0 Å². The zero-order valence-electron chi connectivity index (χ0n) is 11.0. The summed E-state index contributed by atoms with van der Waals surface area (Å²) in [5.74, 6) is -1.31. The fourth-order valence-electron chi connectivity index (χ4n) is 2.17. The van der Waals surface area contributed by atoms with Crippen molar-refractivity contribution in [3.8, 4) is 0 Å². The van der Waals surface area contributed by atoms with Gasteiger partial charge in [-0.15, -0.1) is 0 Å². The second-order valence-electron chi connectivity index (χ2n) is 4.60. The fraction of sp³-hybridized carbons (Fsp3) is 0.417. The van der Waals surface area contributed by atoms with E-state index in [4.69, 9.17) is 15.4 Å². The summed E-state index contributed by atoms with van der Waals surface area (Å²) < 4.78 is 41.6. The number of carbonyl (C=O) groups is 1. The Bertz CT molecular complexity index is 682. The van der Waals surface area contributed by atoms with E-state index in [-0.39, 0.29) is 16.1 Å². The van der Waals surface area contributed by atoms with Gasteiger partial charge in [0.2, 0.25) is 0 Å². The predicted molar refractivity (Wildman–Crippen MR) is 78.5 cm³/mol. The Morgan fingerprint density at radius 3 is 2.71 bits per heavy atom. The first-order chi connectivity index (χ1) is 9.74. The van der Waals surface area contributed by atoms with Gasteiger partial charge in [0.05, 0.1) is 16.1 Å². The van der Waals surface area contributed by atoms with Crippen LogP contribution in [-0.2, 0) is 13.8 Å². The third-order valence-corrected chi connectivity index (χ3v) is 5.73. The standard InChI is InChI=1S/C12H12BrClFNO4S/c1-20-8-2-3-16(6-8)12(17)9-4-7(15)5-10(11(9)13)21(14,18)19/h4-5,8H,2-3,6H2,1H3. The normalized spacial score (nSPS) is 19.0. The number of nitrogens with zero attached hydrogens (tertiary/aromatic N) is 1. The minimum atomic E-state index is -4.16. The molecule has 0 aliphatic carbocycles. The summed E-state index contributed by atoms with van der Waals surface area (Å²) in [7, 11) is 2.64. The van der Waals surface area contributed by atoms with Crippen molar-refractivity contribution >= 4 is 41.6 Å². The molecule has 0 saturated carbocycles. The quantitative estimate of drug-likeness (QED) is 0.731. The average molecular weight is 401 g/mol. The molecule has 1 unspecified atom stereocenters. The molecule has 1 fully saturated rings. The number of halogens is 3. The molecule has 1 amide bonds. The summed E-state index contributed by atoms with van der Waals surface area (Å²) in [4.78, 5) is 13.4. The Balaban J connectivity index is 2.41. The van der Waals surface area contributed by atoms with Crippen molar-refractivity contribution in [3.63, 3.8) is 0 Å². The van der Waals surface area contributed by atoms with Gasteiger partial charge in [-0.3, -0.25) is 4.79 Å². The van der Waals surface area contributed by atoms with Gasteiger partial charge in [0.1, 0.15) is 10.7 Å². The molecule has 0 N–H and O–H groups in total. The van der Waals surface area contributed by atoms with Gasteiger partial charge in [-0.1, -0.05) is 0 Å². The van der Waals surface area contributed by atoms with Crippen molar-refractivity contribution in [1.29, 1.82) is 0 Å². The molecule has 1 aliphatic rings. The van der Waals surface area contributed by atoms with E-state index in [1.807, 2.05) is 0 Å². The molecular formula is C12H12BrClFNO4S. The van der Waals surface area contributed by atoms with Crippen LogP contribution in [0.4, 0.5) is 4.39 Å². The smallest absolute Gasteiger partial charge is 0.262 e. The Kier molecular flexibility index (Phi) is 4.92. The lowest BCUT2D eigenvalue weighted by Crippen LogP contribution is -2.30. The van der Waals surface area contributed by atoms with Crippen LogP contribution in [0.5, 0.6) is 0 Å². The minimum Gasteiger partial charge on any atom is -0.380 e. The van der Waals surface area contributed by atoms with Gasteiger partial charge < -0.3 is 9.64 Å². The summed E-state index contributed by atoms with van der Waals surface area (Å²) >= 11 is 3.02. The van der Waals surface area contributed by atoms with Crippen LogP contribution in [0.15, 0.2) is 21.5 Å². The Hall–Kier alpha value is -0.700. The molecular weight excluding hydrogens is 389 g/mol. The van der Waals surface area contributed by atoms with Crippen LogP contribution in [0.2, 0.25) is 0 Å². The van der Waals surface area contributed by atoms with E-state index in [2.05, 4.69) is 15.9 Å². The van der Waals surface area contributed by atoms with Gasteiger partial charge in [-0.25, -0.2) is 12.8 Å². The van der Waals surface area contributed by atoms with Gasteiger partial charge in [0, 0.05) is 30.9 Å². The highest BCUT2D eigenvalue weighted by molar-refractivity contribution is 9.10. The molecule has 1 heterocycles. The summed E-state index contributed by atoms with van der Waals surface area (Å²) in [5, 5.41) is 0. The first-order valence-corrected chi connectivity index (χ1v) is 9.10. The first kappa shape index (κ1) is 16.7.